The Morgan fingerprint density at radius 1 is 1.00 bits per heavy atom. The molecule has 0 bridgehead atoms. The van der Waals surface area contributed by atoms with Crippen LogP contribution in [0.25, 0.3) is 0 Å². The molecular weight excluding hydrogens is 342 g/mol. The number of alkyl halides is 3. The van der Waals surface area contributed by atoms with Gasteiger partial charge in [-0.1, -0.05) is 12.1 Å². The Morgan fingerprint density at radius 2 is 1.60 bits per heavy atom. The van der Waals surface area contributed by atoms with E-state index < -0.39 is 29.3 Å². The summed E-state index contributed by atoms with van der Waals surface area (Å²) in [6.07, 6.45) is -5.13. The maximum absolute atomic E-state index is 13.1. The largest absolute Gasteiger partial charge is 0.426 e. The summed E-state index contributed by atoms with van der Waals surface area (Å²) in [5.41, 5.74) is -3.32. The minimum atomic E-state index is -5.13. The maximum Gasteiger partial charge on any atom is 0.426 e. The summed E-state index contributed by atoms with van der Waals surface area (Å²) >= 11 is 0. The molecule has 132 valence electrons. The highest BCUT2D eigenvalue weighted by atomic mass is 19.4. The lowest BCUT2D eigenvalue weighted by molar-refractivity contribution is -0.242. The van der Waals surface area contributed by atoms with Crippen LogP contribution < -0.4 is 5.32 Å². The molecule has 2 aromatic carbocycles. The van der Waals surface area contributed by atoms with Gasteiger partial charge in [-0.2, -0.15) is 13.2 Å². The second kappa shape index (κ2) is 6.64. The second-order valence-electron chi connectivity index (χ2n) is 5.44. The zero-order valence-corrected chi connectivity index (χ0v) is 12.9. The van der Waals surface area contributed by atoms with Crippen molar-refractivity contribution in [1.29, 1.82) is 0 Å². The highest BCUT2D eigenvalue weighted by Gasteiger charge is 2.55. The Kier molecular flexibility index (Phi) is 4.94. The molecule has 4 nitrogen and oxygen atoms in total. The van der Waals surface area contributed by atoms with Crippen molar-refractivity contribution < 1.29 is 32.3 Å². The molecule has 0 fully saturated rings. The van der Waals surface area contributed by atoms with E-state index in [0.29, 0.717) is 6.92 Å². The molecule has 0 radical (unpaired) electrons. The van der Waals surface area contributed by atoms with Gasteiger partial charge in [-0.05, 0) is 43.3 Å². The van der Waals surface area contributed by atoms with Crippen LogP contribution in [0.4, 0.5) is 23.2 Å². The number of aliphatic hydroxyl groups is 1. The number of ketones is 1. The van der Waals surface area contributed by atoms with Crippen LogP contribution in [0.1, 0.15) is 22.8 Å². The Balaban J connectivity index is 2.15. The molecule has 1 atom stereocenters. The summed E-state index contributed by atoms with van der Waals surface area (Å²) in [7, 11) is 0. The summed E-state index contributed by atoms with van der Waals surface area (Å²) in [6, 6.07) is 9.97. The van der Waals surface area contributed by atoms with Gasteiger partial charge in [-0.25, -0.2) is 4.39 Å². The molecule has 25 heavy (non-hydrogen) atoms. The van der Waals surface area contributed by atoms with E-state index in [2.05, 4.69) is 0 Å². The van der Waals surface area contributed by atoms with Gasteiger partial charge >= 0.3 is 6.18 Å². The predicted molar refractivity (Wildman–Crippen MR) is 81.6 cm³/mol. The Hall–Kier alpha value is -2.74. The molecule has 0 aliphatic carbocycles. The predicted octanol–water partition coefficient (Wildman–Crippen LogP) is 3.31. The topological polar surface area (TPSA) is 66.4 Å². The van der Waals surface area contributed by atoms with Crippen molar-refractivity contribution in [1.82, 2.24) is 0 Å². The van der Waals surface area contributed by atoms with Crippen LogP contribution in [0.2, 0.25) is 0 Å². The molecule has 1 amide bonds. The number of carbonyl (C=O) groups is 2. The van der Waals surface area contributed by atoms with E-state index in [9.17, 15) is 32.3 Å². The molecule has 2 aromatic rings. The number of carbonyl (C=O) groups excluding carboxylic acids is 2. The third kappa shape index (κ3) is 4.03. The number of benzene rings is 2. The van der Waals surface area contributed by atoms with Gasteiger partial charge in [0.2, 0.25) is 5.60 Å². The fourth-order valence-corrected chi connectivity index (χ4v) is 1.88. The van der Waals surface area contributed by atoms with Gasteiger partial charge in [0.05, 0.1) is 0 Å². The fraction of sp³-hybridized carbons (Fsp3) is 0.176. The van der Waals surface area contributed by atoms with Crippen molar-refractivity contribution >= 4 is 17.4 Å². The van der Waals surface area contributed by atoms with Crippen LogP contribution in [-0.4, -0.2) is 28.6 Å². The van der Waals surface area contributed by atoms with Gasteiger partial charge in [0.15, 0.2) is 5.78 Å². The van der Waals surface area contributed by atoms with E-state index in [1.807, 2.05) is 5.32 Å². The molecule has 0 aromatic heterocycles. The third-order valence-corrected chi connectivity index (χ3v) is 3.49. The van der Waals surface area contributed by atoms with Crippen molar-refractivity contribution in [3.63, 3.8) is 0 Å². The SMILES string of the molecule is CC(O)(C(=O)Nc1ccc(C(=O)c2cccc(F)c2)cc1)C(F)(F)F. The number of halogens is 4. The normalized spacial score (nSPS) is 13.8. The fourth-order valence-electron chi connectivity index (χ4n) is 1.88. The van der Waals surface area contributed by atoms with E-state index >= 15 is 0 Å². The van der Waals surface area contributed by atoms with Crippen LogP contribution >= 0.6 is 0 Å². The number of nitrogens with one attached hydrogen (secondary N) is 1. The third-order valence-electron chi connectivity index (χ3n) is 3.49. The molecule has 0 spiro atoms. The molecular formula is C17H13F4NO3. The Bertz CT molecular complexity index is 798. The highest BCUT2D eigenvalue weighted by molar-refractivity contribution is 6.09. The van der Waals surface area contributed by atoms with Crippen LogP contribution in [0.15, 0.2) is 48.5 Å². The Labute approximate surface area is 140 Å². The van der Waals surface area contributed by atoms with Gasteiger partial charge < -0.3 is 10.4 Å². The van der Waals surface area contributed by atoms with Crippen LogP contribution in [0.5, 0.6) is 0 Å². The van der Waals surface area contributed by atoms with Gasteiger partial charge in [0.1, 0.15) is 5.82 Å². The zero-order valence-electron chi connectivity index (χ0n) is 12.9. The number of hydrogen-bond donors (Lipinski definition) is 2. The summed E-state index contributed by atoms with van der Waals surface area (Å²) in [4.78, 5) is 23.7. The molecule has 0 saturated heterocycles. The van der Waals surface area contributed by atoms with E-state index in [-0.39, 0.29) is 16.8 Å². The number of amides is 1. The van der Waals surface area contributed by atoms with E-state index in [1.165, 1.54) is 42.5 Å². The number of hydrogen-bond acceptors (Lipinski definition) is 3. The first-order valence-electron chi connectivity index (χ1n) is 7.03. The van der Waals surface area contributed by atoms with E-state index in [0.717, 1.165) is 6.07 Å². The van der Waals surface area contributed by atoms with Crippen molar-refractivity contribution in [2.75, 3.05) is 5.32 Å². The first-order valence-corrected chi connectivity index (χ1v) is 7.03. The summed E-state index contributed by atoms with van der Waals surface area (Å²) < 4.78 is 50.9. The smallest absolute Gasteiger partial charge is 0.373 e. The summed E-state index contributed by atoms with van der Waals surface area (Å²) in [5.74, 6) is -2.71. The maximum atomic E-state index is 13.1. The molecule has 2 N–H and O–H groups in total. The summed E-state index contributed by atoms with van der Waals surface area (Å²) in [5, 5.41) is 11.2. The molecule has 8 heteroatoms. The highest BCUT2D eigenvalue weighted by Crippen LogP contribution is 2.31. The number of rotatable bonds is 4. The van der Waals surface area contributed by atoms with Crippen molar-refractivity contribution in [3.8, 4) is 0 Å². The lowest BCUT2D eigenvalue weighted by Crippen LogP contribution is -2.52. The molecule has 0 saturated carbocycles. The zero-order chi connectivity index (χ0) is 18.8. The van der Waals surface area contributed by atoms with Gasteiger partial charge in [0, 0.05) is 16.8 Å². The first-order chi connectivity index (χ1) is 11.5. The average Bonchev–Trinajstić information content (AvgIpc) is 2.53. The van der Waals surface area contributed by atoms with E-state index in [4.69, 9.17) is 0 Å². The van der Waals surface area contributed by atoms with Crippen LogP contribution in [0.3, 0.4) is 0 Å². The van der Waals surface area contributed by atoms with Gasteiger partial charge in [-0.15, -0.1) is 0 Å². The Morgan fingerprint density at radius 3 is 2.12 bits per heavy atom. The quantitative estimate of drug-likeness (QED) is 0.653. The lowest BCUT2D eigenvalue weighted by atomic mass is 10.0. The standard InChI is InChI=1S/C17H13F4NO3/c1-16(25,17(19,20)21)15(24)22-13-7-5-10(6-8-13)14(23)11-3-2-4-12(18)9-11/h2-9,25H,1H3,(H,22,24). The van der Waals surface area contributed by atoms with E-state index in [1.54, 1.807) is 0 Å². The monoisotopic (exact) mass is 355 g/mol. The minimum Gasteiger partial charge on any atom is -0.373 e. The molecule has 1 unspecified atom stereocenters. The lowest BCUT2D eigenvalue weighted by Gasteiger charge is -2.24. The van der Waals surface area contributed by atoms with Crippen LogP contribution in [0, 0.1) is 5.82 Å². The first kappa shape index (κ1) is 18.6. The molecule has 0 aliphatic heterocycles. The molecule has 2 rings (SSSR count). The average molecular weight is 355 g/mol. The van der Waals surface area contributed by atoms with Gasteiger partial charge in [-0.3, -0.25) is 9.59 Å². The summed E-state index contributed by atoms with van der Waals surface area (Å²) in [6.45, 7) is 0.337. The second-order valence-corrected chi connectivity index (χ2v) is 5.44. The molecule has 0 heterocycles. The minimum absolute atomic E-state index is 0.0367. The van der Waals surface area contributed by atoms with Crippen molar-refractivity contribution in [2.45, 2.75) is 18.7 Å². The molecule has 0 aliphatic rings. The number of anilines is 1. The van der Waals surface area contributed by atoms with Gasteiger partial charge in [0.25, 0.3) is 5.91 Å². The van der Waals surface area contributed by atoms with Crippen molar-refractivity contribution in [3.05, 3.63) is 65.5 Å². The van der Waals surface area contributed by atoms with Crippen molar-refractivity contribution in [2.24, 2.45) is 0 Å². The van der Waals surface area contributed by atoms with Crippen LogP contribution in [-0.2, 0) is 4.79 Å².